The van der Waals surface area contributed by atoms with E-state index in [0.717, 1.165) is 42.7 Å². The zero-order chi connectivity index (χ0) is 19.0. The van der Waals surface area contributed by atoms with Crippen molar-refractivity contribution in [1.82, 2.24) is 24.0 Å². The zero-order valence-electron chi connectivity index (χ0n) is 15.8. The lowest BCUT2D eigenvalue weighted by Gasteiger charge is -2.31. The Labute approximate surface area is 157 Å². The Hall–Kier alpha value is -2.67. The van der Waals surface area contributed by atoms with Crippen LogP contribution >= 0.6 is 0 Å². The standard InChI is InChI=1S/C20H25N5O2/c1-23-18-17(19(26)24(2)20(23)27)21-16(22-18)13-25-10-8-15(9-11-25)12-14-6-4-3-5-7-14/h3-7,15H,8-13H2,1-2H3,(H,21,22). The van der Waals surface area contributed by atoms with Crippen LogP contribution in [-0.4, -0.2) is 37.1 Å². The molecule has 0 bridgehead atoms. The highest BCUT2D eigenvalue weighted by Crippen LogP contribution is 2.22. The number of H-pyrrole nitrogens is 1. The highest BCUT2D eigenvalue weighted by atomic mass is 16.2. The molecule has 1 aromatic carbocycles. The van der Waals surface area contributed by atoms with E-state index in [9.17, 15) is 9.59 Å². The van der Waals surface area contributed by atoms with E-state index < -0.39 is 0 Å². The Balaban J connectivity index is 1.43. The van der Waals surface area contributed by atoms with Gasteiger partial charge >= 0.3 is 5.69 Å². The number of nitrogens with one attached hydrogen (secondary N) is 1. The van der Waals surface area contributed by atoms with Gasteiger partial charge in [0.25, 0.3) is 5.56 Å². The fourth-order valence-corrected chi connectivity index (χ4v) is 3.96. The molecule has 0 aliphatic carbocycles. The minimum atomic E-state index is -0.354. The largest absolute Gasteiger partial charge is 0.335 e. The maximum Gasteiger partial charge on any atom is 0.332 e. The Morgan fingerprint density at radius 3 is 2.48 bits per heavy atom. The van der Waals surface area contributed by atoms with Crippen molar-refractivity contribution < 1.29 is 0 Å². The molecule has 1 aliphatic heterocycles. The first-order valence-electron chi connectivity index (χ1n) is 9.44. The minimum absolute atomic E-state index is 0.326. The summed E-state index contributed by atoms with van der Waals surface area (Å²) in [6.07, 6.45) is 3.46. The van der Waals surface area contributed by atoms with Crippen LogP contribution in [0, 0.1) is 5.92 Å². The van der Waals surface area contributed by atoms with Gasteiger partial charge in [-0.15, -0.1) is 0 Å². The Bertz CT molecular complexity index is 1060. The summed E-state index contributed by atoms with van der Waals surface area (Å²) >= 11 is 0. The van der Waals surface area contributed by atoms with Crippen LogP contribution in [0.1, 0.15) is 24.2 Å². The van der Waals surface area contributed by atoms with Gasteiger partial charge in [-0.2, -0.15) is 0 Å². The summed E-state index contributed by atoms with van der Waals surface area (Å²) in [4.78, 5) is 34.3. The SMILES string of the molecule is Cn1c(=O)c2[nH]c(CN3CCC(Cc4ccccc4)CC3)nc2n(C)c1=O. The summed E-state index contributed by atoms with van der Waals surface area (Å²) in [5.41, 5.74) is 1.55. The Kier molecular flexibility index (Phi) is 4.70. The summed E-state index contributed by atoms with van der Waals surface area (Å²) in [6, 6.07) is 10.7. The van der Waals surface area contributed by atoms with E-state index in [-0.39, 0.29) is 11.2 Å². The second-order valence-corrected chi connectivity index (χ2v) is 7.50. The van der Waals surface area contributed by atoms with Crippen molar-refractivity contribution in [3.63, 3.8) is 0 Å². The molecule has 7 heteroatoms. The molecule has 4 rings (SSSR count). The average molecular weight is 367 g/mol. The van der Waals surface area contributed by atoms with Gasteiger partial charge in [-0.3, -0.25) is 18.8 Å². The molecule has 142 valence electrons. The molecule has 0 unspecified atom stereocenters. The van der Waals surface area contributed by atoms with Crippen molar-refractivity contribution >= 4 is 11.2 Å². The van der Waals surface area contributed by atoms with E-state index in [1.807, 2.05) is 0 Å². The van der Waals surface area contributed by atoms with Gasteiger partial charge in [-0.1, -0.05) is 30.3 Å². The Morgan fingerprint density at radius 1 is 1.07 bits per heavy atom. The second kappa shape index (κ2) is 7.15. The van der Waals surface area contributed by atoms with Crippen LogP contribution in [0.2, 0.25) is 0 Å². The van der Waals surface area contributed by atoms with E-state index in [0.29, 0.717) is 23.6 Å². The molecule has 0 atom stereocenters. The molecule has 2 aromatic heterocycles. The van der Waals surface area contributed by atoms with Crippen molar-refractivity contribution in [3.8, 4) is 0 Å². The van der Waals surface area contributed by atoms with Crippen molar-refractivity contribution in [1.29, 1.82) is 0 Å². The van der Waals surface area contributed by atoms with Crippen LogP contribution in [-0.2, 0) is 27.1 Å². The predicted octanol–water partition coefficient (Wildman–Crippen LogP) is 1.41. The number of likely N-dealkylation sites (tertiary alicyclic amines) is 1. The first-order valence-corrected chi connectivity index (χ1v) is 9.44. The van der Waals surface area contributed by atoms with Crippen LogP contribution in [0.15, 0.2) is 39.9 Å². The Morgan fingerprint density at radius 2 is 1.78 bits per heavy atom. The highest BCUT2D eigenvalue weighted by molar-refractivity contribution is 5.69. The summed E-state index contributed by atoms with van der Waals surface area (Å²) in [5, 5.41) is 0. The number of fused-ring (bicyclic) bond motifs is 1. The molecule has 27 heavy (non-hydrogen) atoms. The van der Waals surface area contributed by atoms with Gasteiger partial charge in [0.1, 0.15) is 11.3 Å². The van der Waals surface area contributed by atoms with Gasteiger partial charge < -0.3 is 4.98 Å². The number of aromatic nitrogens is 4. The summed E-state index contributed by atoms with van der Waals surface area (Å²) in [7, 11) is 3.13. The summed E-state index contributed by atoms with van der Waals surface area (Å²) in [5.74, 6) is 1.46. The van der Waals surface area contributed by atoms with Crippen LogP contribution in [0.4, 0.5) is 0 Å². The number of piperidine rings is 1. The van der Waals surface area contributed by atoms with E-state index in [1.165, 1.54) is 17.2 Å². The molecular weight excluding hydrogens is 342 g/mol. The smallest absolute Gasteiger partial charge is 0.332 e. The molecule has 3 heterocycles. The number of benzene rings is 1. The van der Waals surface area contributed by atoms with Gasteiger partial charge in [0, 0.05) is 14.1 Å². The first kappa shape index (κ1) is 17.7. The second-order valence-electron chi connectivity index (χ2n) is 7.50. The monoisotopic (exact) mass is 367 g/mol. The molecule has 1 N–H and O–H groups in total. The van der Waals surface area contributed by atoms with Crippen LogP contribution in [0.25, 0.3) is 11.2 Å². The van der Waals surface area contributed by atoms with Crippen molar-refractivity contribution in [3.05, 3.63) is 62.6 Å². The molecule has 7 nitrogen and oxygen atoms in total. The number of aromatic amines is 1. The molecule has 3 aromatic rings. The first-order chi connectivity index (χ1) is 13.0. The zero-order valence-corrected chi connectivity index (χ0v) is 15.8. The van der Waals surface area contributed by atoms with Crippen molar-refractivity contribution in [2.45, 2.75) is 25.8 Å². The number of nitrogens with zero attached hydrogens (tertiary/aromatic N) is 4. The van der Waals surface area contributed by atoms with Gasteiger partial charge in [-0.25, -0.2) is 9.78 Å². The van der Waals surface area contributed by atoms with Gasteiger partial charge in [-0.05, 0) is 43.8 Å². The lowest BCUT2D eigenvalue weighted by Crippen LogP contribution is -2.36. The molecular formula is C20H25N5O2. The average Bonchev–Trinajstić information content (AvgIpc) is 3.11. The normalized spacial score (nSPS) is 16.2. The van der Waals surface area contributed by atoms with Crippen LogP contribution < -0.4 is 11.2 Å². The van der Waals surface area contributed by atoms with Crippen LogP contribution in [0.5, 0.6) is 0 Å². The van der Waals surface area contributed by atoms with Crippen LogP contribution in [0.3, 0.4) is 0 Å². The molecule has 0 radical (unpaired) electrons. The minimum Gasteiger partial charge on any atom is -0.335 e. The number of hydrogen-bond acceptors (Lipinski definition) is 4. The maximum absolute atomic E-state index is 12.3. The third-order valence-corrected chi connectivity index (χ3v) is 5.59. The topological polar surface area (TPSA) is 75.9 Å². The van der Waals surface area contributed by atoms with E-state index in [4.69, 9.17) is 0 Å². The van der Waals surface area contributed by atoms with E-state index in [2.05, 4.69) is 45.2 Å². The quantitative estimate of drug-likeness (QED) is 0.757. The fourth-order valence-electron chi connectivity index (χ4n) is 3.96. The molecule has 1 saturated heterocycles. The molecule has 0 saturated carbocycles. The summed E-state index contributed by atoms with van der Waals surface area (Å²) in [6.45, 7) is 2.71. The van der Waals surface area contributed by atoms with Gasteiger partial charge in [0.05, 0.1) is 6.54 Å². The van der Waals surface area contributed by atoms with E-state index >= 15 is 0 Å². The molecule has 0 spiro atoms. The number of imidazole rings is 1. The van der Waals surface area contributed by atoms with Crippen molar-refractivity contribution in [2.75, 3.05) is 13.1 Å². The highest BCUT2D eigenvalue weighted by Gasteiger charge is 2.21. The molecule has 1 fully saturated rings. The molecule has 0 amide bonds. The maximum atomic E-state index is 12.3. The number of rotatable bonds is 4. The van der Waals surface area contributed by atoms with Gasteiger partial charge in [0.15, 0.2) is 5.65 Å². The predicted molar refractivity (Wildman–Crippen MR) is 105 cm³/mol. The fraction of sp³-hybridized carbons (Fsp3) is 0.450. The lowest BCUT2D eigenvalue weighted by molar-refractivity contribution is 0.174. The third kappa shape index (κ3) is 3.47. The van der Waals surface area contributed by atoms with Gasteiger partial charge in [0.2, 0.25) is 0 Å². The summed E-state index contributed by atoms with van der Waals surface area (Å²) < 4.78 is 2.53. The van der Waals surface area contributed by atoms with Crippen molar-refractivity contribution in [2.24, 2.45) is 20.0 Å². The third-order valence-electron chi connectivity index (χ3n) is 5.59. The molecule has 1 aliphatic rings. The number of hydrogen-bond donors (Lipinski definition) is 1. The number of aryl methyl sites for hydroxylation is 1. The lowest BCUT2D eigenvalue weighted by atomic mass is 9.90. The van der Waals surface area contributed by atoms with E-state index in [1.54, 1.807) is 7.05 Å².